The highest BCUT2D eigenvalue weighted by molar-refractivity contribution is 5.80. The second-order valence-electron chi connectivity index (χ2n) is 6.28. The van der Waals surface area contributed by atoms with Crippen LogP contribution in [0.4, 0.5) is 0 Å². The Morgan fingerprint density at radius 3 is 2.40 bits per heavy atom. The van der Waals surface area contributed by atoms with E-state index in [1.54, 1.807) is 6.92 Å². The van der Waals surface area contributed by atoms with Crippen LogP contribution in [0.15, 0.2) is 54.6 Å². The van der Waals surface area contributed by atoms with Gasteiger partial charge in [-0.25, -0.2) is 0 Å². The molecule has 25 heavy (non-hydrogen) atoms. The summed E-state index contributed by atoms with van der Waals surface area (Å²) in [6.07, 6.45) is -0.547. The second kappa shape index (κ2) is 9.84. The Hall–Kier alpha value is -2.33. The van der Waals surface area contributed by atoms with Gasteiger partial charge in [-0.1, -0.05) is 62.4 Å². The van der Waals surface area contributed by atoms with Gasteiger partial charge in [-0.3, -0.25) is 4.79 Å². The SMILES string of the molecule is CC(C)c1ccccc1O[C@H](C)C(=O)NCCOCc1ccccc1. The van der Waals surface area contributed by atoms with Crippen molar-refractivity contribution in [2.75, 3.05) is 13.2 Å². The van der Waals surface area contributed by atoms with Gasteiger partial charge in [-0.15, -0.1) is 0 Å². The van der Waals surface area contributed by atoms with Crippen molar-refractivity contribution in [1.82, 2.24) is 5.32 Å². The van der Waals surface area contributed by atoms with Crippen LogP contribution in [0, 0.1) is 0 Å². The molecule has 0 saturated heterocycles. The lowest BCUT2D eigenvalue weighted by Crippen LogP contribution is -2.38. The zero-order chi connectivity index (χ0) is 18.1. The van der Waals surface area contributed by atoms with Crippen molar-refractivity contribution < 1.29 is 14.3 Å². The molecule has 1 atom stereocenters. The molecule has 4 nitrogen and oxygen atoms in total. The third-order valence-corrected chi connectivity index (χ3v) is 3.87. The predicted octanol–water partition coefficient (Wildman–Crippen LogP) is 3.91. The summed E-state index contributed by atoms with van der Waals surface area (Å²) in [6.45, 7) is 7.46. The Bertz CT molecular complexity index is 655. The quantitative estimate of drug-likeness (QED) is 0.704. The number of carbonyl (C=O) groups is 1. The number of ether oxygens (including phenoxy) is 2. The van der Waals surface area contributed by atoms with Gasteiger partial charge in [-0.2, -0.15) is 0 Å². The van der Waals surface area contributed by atoms with E-state index in [4.69, 9.17) is 9.47 Å². The molecule has 1 amide bonds. The summed E-state index contributed by atoms with van der Waals surface area (Å²) in [5.74, 6) is 0.972. The molecule has 0 bridgehead atoms. The smallest absolute Gasteiger partial charge is 0.260 e. The molecule has 0 spiro atoms. The normalized spacial score (nSPS) is 12.0. The lowest BCUT2D eigenvalue weighted by Gasteiger charge is -2.18. The first-order valence-corrected chi connectivity index (χ1v) is 8.73. The van der Waals surface area contributed by atoms with Crippen LogP contribution in [0.2, 0.25) is 0 Å². The number of hydrogen-bond donors (Lipinski definition) is 1. The van der Waals surface area contributed by atoms with E-state index in [9.17, 15) is 4.79 Å². The summed E-state index contributed by atoms with van der Waals surface area (Å²) < 4.78 is 11.4. The van der Waals surface area contributed by atoms with Gasteiger partial charge in [0.1, 0.15) is 5.75 Å². The lowest BCUT2D eigenvalue weighted by molar-refractivity contribution is -0.127. The van der Waals surface area contributed by atoms with E-state index < -0.39 is 6.10 Å². The third kappa shape index (κ3) is 6.24. The van der Waals surface area contributed by atoms with E-state index in [0.717, 1.165) is 16.9 Å². The summed E-state index contributed by atoms with van der Waals surface area (Å²) in [5.41, 5.74) is 2.23. The van der Waals surface area contributed by atoms with Crippen LogP contribution in [-0.4, -0.2) is 25.2 Å². The molecule has 0 aliphatic heterocycles. The van der Waals surface area contributed by atoms with Gasteiger partial charge < -0.3 is 14.8 Å². The van der Waals surface area contributed by atoms with E-state index >= 15 is 0 Å². The van der Waals surface area contributed by atoms with E-state index in [1.807, 2.05) is 54.6 Å². The van der Waals surface area contributed by atoms with Gasteiger partial charge in [0.25, 0.3) is 5.91 Å². The fraction of sp³-hybridized carbons (Fsp3) is 0.381. The second-order valence-corrected chi connectivity index (χ2v) is 6.28. The maximum atomic E-state index is 12.2. The van der Waals surface area contributed by atoms with Crippen LogP contribution in [0.5, 0.6) is 5.75 Å². The van der Waals surface area contributed by atoms with Crippen LogP contribution in [0.25, 0.3) is 0 Å². The molecular weight excluding hydrogens is 314 g/mol. The average molecular weight is 341 g/mol. The number of rotatable bonds is 9. The van der Waals surface area contributed by atoms with Crippen molar-refractivity contribution >= 4 is 5.91 Å². The van der Waals surface area contributed by atoms with E-state index in [1.165, 1.54) is 0 Å². The molecular formula is C21H27NO3. The molecule has 0 radical (unpaired) electrons. The predicted molar refractivity (Wildman–Crippen MR) is 99.7 cm³/mol. The first kappa shape index (κ1) is 19.0. The number of carbonyl (C=O) groups excluding carboxylic acids is 1. The van der Waals surface area contributed by atoms with Crippen molar-refractivity contribution in [1.29, 1.82) is 0 Å². The highest BCUT2D eigenvalue weighted by Crippen LogP contribution is 2.26. The van der Waals surface area contributed by atoms with Gasteiger partial charge >= 0.3 is 0 Å². The van der Waals surface area contributed by atoms with Crippen molar-refractivity contribution in [2.24, 2.45) is 0 Å². The van der Waals surface area contributed by atoms with Crippen LogP contribution >= 0.6 is 0 Å². The minimum absolute atomic E-state index is 0.137. The highest BCUT2D eigenvalue weighted by Gasteiger charge is 2.16. The van der Waals surface area contributed by atoms with E-state index in [-0.39, 0.29) is 5.91 Å². The van der Waals surface area contributed by atoms with E-state index in [2.05, 4.69) is 19.2 Å². The van der Waals surface area contributed by atoms with Crippen molar-refractivity contribution in [3.8, 4) is 5.75 Å². The van der Waals surface area contributed by atoms with Crippen molar-refractivity contribution in [3.05, 3.63) is 65.7 Å². The Morgan fingerprint density at radius 2 is 1.68 bits per heavy atom. The molecule has 0 fully saturated rings. The van der Waals surface area contributed by atoms with Crippen LogP contribution in [-0.2, 0) is 16.1 Å². The standard InChI is InChI=1S/C21H27NO3/c1-16(2)19-11-7-8-12-20(19)25-17(3)21(23)22-13-14-24-15-18-9-5-4-6-10-18/h4-12,16-17H,13-15H2,1-3H3,(H,22,23)/t17-/m1/s1. The van der Waals surface area contributed by atoms with Crippen molar-refractivity contribution in [2.45, 2.75) is 39.4 Å². The number of para-hydroxylation sites is 1. The van der Waals surface area contributed by atoms with Crippen LogP contribution in [0.3, 0.4) is 0 Å². The number of benzene rings is 2. The molecule has 0 aliphatic rings. The highest BCUT2D eigenvalue weighted by atomic mass is 16.5. The molecule has 0 saturated carbocycles. The van der Waals surface area contributed by atoms with Crippen molar-refractivity contribution in [3.63, 3.8) is 0 Å². The zero-order valence-electron chi connectivity index (χ0n) is 15.2. The number of amides is 1. The fourth-order valence-corrected chi connectivity index (χ4v) is 2.46. The Morgan fingerprint density at radius 1 is 1.00 bits per heavy atom. The van der Waals surface area contributed by atoms with Crippen LogP contribution < -0.4 is 10.1 Å². The monoisotopic (exact) mass is 341 g/mol. The van der Waals surface area contributed by atoms with E-state index in [0.29, 0.717) is 25.7 Å². The molecule has 2 aromatic rings. The Labute approximate surface area is 150 Å². The first-order chi connectivity index (χ1) is 12.1. The average Bonchev–Trinajstić information content (AvgIpc) is 2.62. The van der Waals surface area contributed by atoms with Gasteiger partial charge in [0.2, 0.25) is 0 Å². The maximum absolute atomic E-state index is 12.2. The molecule has 2 rings (SSSR count). The minimum atomic E-state index is -0.547. The summed E-state index contributed by atoms with van der Waals surface area (Å²) in [6, 6.07) is 17.8. The molecule has 0 unspecified atom stereocenters. The molecule has 0 heterocycles. The molecule has 4 heteroatoms. The summed E-state index contributed by atoms with van der Waals surface area (Å²) in [4.78, 5) is 12.2. The summed E-state index contributed by atoms with van der Waals surface area (Å²) in [5, 5.41) is 2.85. The van der Waals surface area contributed by atoms with Gasteiger partial charge in [0, 0.05) is 6.54 Å². The topological polar surface area (TPSA) is 47.6 Å². The number of hydrogen-bond acceptors (Lipinski definition) is 3. The minimum Gasteiger partial charge on any atom is -0.481 e. The van der Waals surface area contributed by atoms with Gasteiger partial charge in [-0.05, 0) is 30.0 Å². The Balaban J connectivity index is 1.72. The van der Waals surface area contributed by atoms with Gasteiger partial charge in [0.05, 0.1) is 13.2 Å². The molecule has 0 aliphatic carbocycles. The van der Waals surface area contributed by atoms with Crippen LogP contribution in [0.1, 0.15) is 37.8 Å². The molecule has 1 N–H and O–H groups in total. The Kier molecular flexibility index (Phi) is 7.48. The lowest BCUT2D eigenvalue weighted by atomic mass is 10.0. The zero-order valence-corrected chi connectivity index (χ0v) is 15.2. The first-order valence-electron chi connectivity index (χ1n) is 8.73. The van der Waals surface area contributed by atoms with Gasteiger partial charge in [0.15, 0.2) is 6.10 Å². The summed E-state index contributed by atoms with van der Waals surface area (Å²) in [7, 11) is 0. The molecule has 134 valence electrons. The number of nitrogens with one attached hydrogen (secondary N) is 1. The fourth-order valence-electron chi connectivity index (χ4n) is 2.46. The summed E-state index contributed by atoms with van der Waals surface area (Å²) >= 11 is 0. The maximum Gasteiger partial charge on any atom is 0.260 e. The largest absolute Gasteiger partial charge is 0.481 e. The molecule has 2 aromatic carbocycles. The third-order valence-electron chi connectivity index (χ3n) is 3.87. The molecule has 0 aromatic heterocycles.